The lowest BCUT2D eigenvalue weighted by molar-refractivity contribution is 0.348. The Labute approximate surface area is 78.7 Å². The normalized spacial score (nSPS) is 22.1. The van der Waals surface area contributed by atoms with E-state index in [1.165, 1.54) is 25.7 Å². The molecule has 1 unspecified atom stereocenters. The first kappa shape index (κ1) is 11.2. The van der Waals surface area contributed by atoms with Crippen LogP contribution in [0.4, 0.5) is 0 Å². The molecule has 0 spiro atoms. The van der Waals surface area contributed by atoms with Crippen LogP contribution in [0, 0.1) is 5.92 Å². The molecular formula is C8H18NO3P. The second-order valence-corrected chi connectivity index (χ2v) is 5.73. The largest absolute Gasteiger partial charge is 0.342 e. The Balaban J connectivity index is 2.21. The zero-order chi connectivity index (χ0) is 9.90. The van der Waals surface area contributed by atoms with Crippen molar-refractivity contribution in [2.24, 2.45) is 11.7 Å². The zero-order valence-corrected chi connectivity index (χ0v) is 8.62. The monoisotopic (exact) mass is 207 g/mol. The Morgan fingerprint density at radius 3 is 2.38 bits per heavy atom. The minimum absolute atomic E-state index is 0.453. The summed E-state index contributed by atoms with van der Waals surface area (Å²) < 4.78 is 10.7. The molecular weight excluding hydrogens is 189 g/mol. The maximum Gasteiger partial charge on any atom is 0.342 e. The van der Waals surface area contributed by atoms with Crippen LogP contribution in [0.15, 0.2) is 0 Å². The van der Waals surface area contributed by atoms with E-state index < -0.39 is 13.4 Å². The van der Waals surface area contributed by atoms with E-state index in [0.29, 0.717) is 12.3 Å². The molecule has 0 heterocycles. The molecule has 0 aromatic heterocycles. The predicted molar refractivity (Wildman–Crippen MR) is 51.2 cm³/mol. The first-order valence-electron chi connectivity index (χ1n) is 4.81. The fourth-order valence-corrected chi connectivity index (χ4v) is 2.36. The maximum atomic E-state index is 10.7. The van der Waals surface area contributed by atoms with Crippen molar-refractivity contribution in [3.8, 4) is 0 Å². The standard InChI is InChI=1S/C8H18NO3P/c9-8(13(10,11)12)6-5-7-3-1-2-4-7/h7-8H,1-6,9H2,(H2,10,11,12). The molecule has 1 rings (SSSR count). The molecule has 4 N–H and O–H groups in total. The van der Waals surface area contributed by atoms with Gasteiger partial charge in [-0.05, 0) is 18.8 Å². The SMILES string of the molecule is NC(CCC1CCCC1)P(=O)(O)O. The van der Waals surface area contributed by atoms with Crippen molar-refractivity contribution < 1.29 is 14.4 Å². The van der Waals surface area contributed by atoms with Gasteiger partial charge in [-0.3, -0.25) is 4.57 Å². The van der Waals surface area contributed by atoms with Crippen LogP contribution in [0.1, 0.15) is 38.5 Å². The van der Waals surface area contributed by atoms with Crippen molar-refractivity contribution in [2.75, 3.05) is 0 Å². The molecule has 4 nitrogen and oxygen atoms in total. The van der Waals surface area contributed by atoms with Crippen LogP contribution in [0.25, 0.3) is 0 Å². The third-order valence-corrected chi connectivity index (χ3v) is 3.90. The molecule has 0 aliphatic heterocycles. The molecule has 0 aromatic rings. The summed E-state index contributed by atoms with van der Waals surface area (Å²) in [5.41, 5.74) is 5.37. The third-order valence-electron chi connectivity index (χ3n) is 2.78. The lowest BCUT2D eigenvalue weighted by Crippen LogP contribution is -2.20. The summed E-state index contributed by atoms with van der Waals surface area (Å²) in [7, 11) is -4.04. The molecule has 1 atom stereocenters. The zero-order valence-electron chi connectivity index (χ0n) is 7.72. The molecule has 0 amide bonds. The highest BCUT2D eigenvalue weighted by molar-refractivity contribution is 7.52. The van der Waals surface area contributed by atoms with Gasteiger partial charge in [-0.2, -0.15) is 0 Å². The topological polar surface area (TPSA) is 83.6 Å². The van der Waals surface area contributed by atoms with Crippen molar-refractivity contribution in [3.05, 3.63) is 0 Å². The Morgan fingerprint density at radius 1 is 1.38 bits per heavy atom. The van der Waals surface area contributed by atoms with Gasteiger partial charge >= 0.3 is 7.60 Å². The van der Waals surface area contributed by atoms with E-state index in [1.807, 2.05) is 0 Å². The average molecular weight is 207 g/mol. The molecule has 78 valence electrons. The first-order valence-corrected chi connectivity index (χ1v) is 6.49. The highest BCUT2D eigenvalue weighted by Crippen LogP contribution is 2.41. The van der Waals surface area contributed by atoms with Gasteiger partial charge in [-0.1, -0.05) is 25.7 Å². The van der Waals surface area contributed by atoms with Gasteiger partial charge in [-0.25, -0.2) is 0 Å². The smallest absolute Gasteiger partial charge is 0.323 e. The van der Waals surface area contributed by atoms with Gasteiger partial charge in [0.2, 0.25) is 0 Å². The minimum Gasteiger partial charge on any atom is -0.323 e. The van der Waals surface area contributed by atoms with Crippen molar-refractivity contribution in [2.45, 2.75) is 44.3 Å². The quantitative estimate of drug-likeness (QED) is 0.609. The maximum absolute atomic E-state index is 10.7. The van der Waals surface area contributed by atoms with Gasteiger partial charge in [0.05, 0.1) is 0 Å². The van der Waals surface area contributed by atoms with Gasteiger partial charge < -0.3 is 15.5 Å². The lowest BCUT2D eigenvalue weighted by atomic mass is 10.0. The first-order chi connectivity index (χ1) is 6.00. The molecule has 0 bridgehead atoms. The predicted octanol–water partition coefficient (Wildman–Crippen LogP) is 1.42. The number of nitrogens with two attached hydrogens (primary N) is 1. The molecule has 1 aliphatic carbocycles. The lowest BCUT2D eigenvalue weighted by Gasteiger charge is -2.15. The van der Waals surface area contributed by atoms with Crippen LogP contribution < -0.4 is 5.73 Å². The summed E-state index contributed by atoms with van der Waals surface area (Å²) in [4.78, 5) is 17.5. The van der Waals surface area contributed by atoms with Gasteiger partial charge in [0.1, 0.15) is 5.78 Å². The van der Waals surface area contributed by atoms with Crippen LogP contribution in [0.5, 0.6) is 0 Å². The fourth-order valence-electron chi connectivity index (χ4n) is 1.87. The Bertz CT molecular complexity index is 198. The van der Waals surface area contributed by atoms with E-state index in [9.17, 15) is 4.57 Å². The molecule has 0 aromatic carbocycles. The van der Waals surface area contributed by atoms with Gasteiger partial charge in [0.25, 0.3) is 0 Å². The Kier molecular flexibility index (Phi) is 3.92. The molecule has 1 aliphatic rings. The van der Waals surface area contributed by atoms with Gasteiger partial charge in [0, 0.05) is 0 Å². The van der Waals surface area contributed by atoms with Gasteiger partial charge in [-0.15, -0.1) is 0 Å². The summed E-state index contributed by atoms with van der Waals surface area (Å²) in [6.45, 7) is 0. The molecule has 0 radical (unpaired) electrons. The summed E-state index contributed by atoms with van der Waals surface area (Å²) in [6, 6.07) is 0. The summed E-state index contributed by atoms with van der Waals surface area (Å²) >= 11 is 0. The minimum atomic E-state index is -4.04. The Morgan fingerprint density at radius 2 is 1.92 bits per heavy atom. The summed E-state index contributed by atoms with van der Waals surface area (Å²) in [5.74, 6) is -0.300. The van der Waals surface area contributed by atoms with Crippen molar-refractivity contribution in [1.29, 1.82) is 0 Å². The molecule has 0 saturated heterocycles. The van der Waals surface area contributed by atoms with Crippen LogP contribution in [0.3, 0.4) is 0 Å². The second kappa shape index (κ2) is 4.56. The van der Waals surface area contributed by atoms with E-state index in [-0.39, 0.29) is 0 Å². The van der Waals surface area contributed by atoms with Crippen LogP contribution in [0.2, 0.25) is 0 Å². The van der Waals surface area contributed by atoms with Crippen molar-refractivity contribution in [3.63, 3.8) is 0 Å². The highest BCUT2D eigenvalue weighted by atomic mass is 31.2. The molecule has 5 heteroatoms. The van der Waals surface area contributed by atoms with E-state index in [0.717, 1.165) is 6.42 Å². The molecule has 1 fully saturated rings. The number of hydrogen-bond donors (Lipinski definition) is 3. The van der Waals surface area contributed by atoms with Crippen LogP contribution in [-0.2, 0) is 4.57 Å². The van der Waals surface area contributed by atoms with E-state index in [2.05, 4.69) is 0 Å². The second-order valence-electron chi connectivity index (χ2n) is 3.88. The van der Waals surface area contributed by atoms with Crippen molar-refractivity contribution in [1.82, 2.24) is 0 Å². The molecule has 13 heavy (non-hydrogen) atoms. The highest BCUT2D eigenvalue weighted by Gasteiger charge is 2.25. The average Bonchev–Trinajstić information content (AvgIpc) is 2.50. The Hall–Kier alpha value is 0.110. The molecule has 1 saturated carbocycles. The summed E-state index contributed by atoms with van der Waals surface area (Å²) in [5, 5.41) is 0. The fraction of sp³-hybridized carbons (Fsp3) is 1.00. The van der Waals surface area contributed by atoms with Crippen LogP contribution >= 0.6 is 7.60 Å². The third kappa shape index (κ3) is 3.77. The summed E-state index contributed by atoms with van der Waals surface area (Å²) in [6.07, 6.45) is 6.24. The van der Waals surface area contributed by atoms with E-state index in [4.69, 9.17) is 15.5 Å². The van der Waals surface area contributed by atoms with E-state index in [1.54, 1.807) is 0 Å². The van der Waals surface area contributed by atoms with E-state index >= 15 is 0 Å². The van der Waals surface area contributed by atoms with Gasteiger partial charge in [0.15, 0.2) is 0 Å². The van der Waals surface area contributed by atoms with Crippen LogP contribution in [-0.4, -0.2) is 15.6 Å². The number of rotatable bonds is 4. The van der Waals surface area contributed by atoms with Crippen molar-refractivity contribution >= 4 is 7.60 Å². The number of hydrogen-bond acceptors (Lipinski definition) is 2.